The van der Waals surface area contributed by atoms with Crippen molar-refractivity contribution in [2.75, 3.05) is 0 Å². The minimum atomic E-state index is -0.416. The van der Waals surface area contributed by atoms with E-state index in [9.17, 15) is 8.78 Å². The van der Waals surface area contributed by atoms with Crippen molar-refractivity contribution in [3.63, 3.8) is 0 Å². The first kappa shape index (κ1) is 14.9. The molecular weight excluding hydrogens is 348 g/mol. The van der Waals surface area contributed by atoms with E-state index in [4.69, 9.17) is 22.7 Å². The highest BCUT2D eigenvalue weighted by atomic mass is 79.9. The second-order valence-corrected chi connectivity index (χ2v) is 5.32. The molecule has 0 spiro atoms. The lowest BCUT2D eigenvalue weighted by Gasteiger charge is -2.11. The van der Waals surface area contributed by atoms with E-state index >= 15 is 0 Å². The highest BCUT2D eigenvalue weighted by Gasteiger charge is 2.08. The van der Waals surface area contributed by atoms with E-state index < -0.39 is 5.82 Å². The number of hydrogen-bond donors (Lipinski definition) is 1. The minimum absolute atomic E-state index is 0.100. The second kappa shape index (κ2) is 6.28. The summed E-state index contributed by atoms with van der Waals surface area (Å²) >= 11 is 7.95. The zero-order valence-corrected chi connectivity index (χ0v) is 12.6. The maximum Gasteiger partial charge on any atom is 0.137 e. The molecule has 20 heavy (non-hydrogen) atoms. The first-order valence-corrected chi connectivity index (χ1v) is 6.83. The van der Waals surface area contributed by atoms with Gasteiger partial charge in [0.15, 0.2) is 0 Å². The predicted octanol–water partition coefficient (Wildman–Crippen LogP) is 3.94. The largest absolute Gasteiger partial charge is 0.489 e. The molecule has 2 nitrogen and oxygen atoms in total. The van der Waals surface area contributed by atoms with Gasteiger partial charge in [0.25, 0.3) is 0 Å². The van der Waals surface area contributed by atoms with Crippen LogP contribution in [0.2, 0.25) is 0 Å². The fourth-order valence-electron chi connectivity index (χ4n) is 1.63. The highest BCUT2D eigenvalue weighted by molar-refractivity contribution is 9.10. The molecule has 0 amide bonds. The van der Waals surface area contributed by atoms with Crippen molar-refractivity contribution in [3.8, 4) is 5.75 Å². The standard InChI is InChI=1S/C14H10BrF2NOS/c15-12-6-10(3-4-13(12)17)19-7-8-1-2-9(16)5-11(8)14(18)20/h1-6H,7H2,(H2,18,20). The van der Waals surface area contributed by atoms with E-state index in [-0.39, 0.29) is 17.4 Å². The van der Waals surface area contributed by atoms with Gasteiger partial charge >= 0.3 is 0 Å². The summed E-state index contributed by atoms with van der Waals surface area (Å²) in [7, 11) is 0. The number of benzene rings is 2. The van der Waals surface area contributed by atoms with E-state index in [0.29, 0.717) is 21.3 Å². The molecular formula is C14H10BrF2NOS. The van der Waals surface area contributed by atoms with Gasteiger partial charge in [-0.1, -0.05) is 18.3 Å². The van der Waals surface area contributed by atoms with E-state index in [1.165, 1.54) is 30.3 Å². The molecule has 2 rings (SSSR count). The lowest BCUT2D eigenvalue weighted by Crippen LogP contribution is -2.14. The van der Waals surface area contributed by atoms with Gasteiger partial charge < -0.3 is 10.5 Å². The molecule has 0 saturated carbocycles. The Hall–Kier alpha value is -1.53. The Labute approximate surface area is 128 Å². The normalized spacial score (nSPS) is 10.3. The molecule has 0 atom stereocenters. The molecule has 0 heterocycles. The maximum atomic E-state index is 13.2. The molecule has 0 radical (unpaired) electrons. The lowest BCUT2D eigenvalue weighted by atomic mass is 10.1. The topological polar surface area (TPSA) is 35.2 Å². The Kier molecular flexibility index (Phi) is 4.67. The van der Waals surface area contributed by atoms with E-state index in [1.54, 1.807) is 6.07 Å². The number of ether oxygens (including phenoxy) is 1. The van der Waals surface area contributed by atoms with Crippen LogP contribution in [0.3, 0.4) is 0 Å². The summed E-state index contributed by atoms with van der Waals surface area (Å²) in [6.45, 7) is 0.158. The van der Waals surface area contributed by atoms with Crippen molar-refractivity contribution >= 4 is 33.1 Å². The molecule has 104 valence electrons. The van der Waals surface area contributed by atoms with Crippen LogP contribution < -0.4 is 10.5 Å². The highest BCUT2D eigenvalue weighted by Crippen LogP contribution is 2.23. The zero-order valence-electron chi connectivity index (χ0n) is 10.2. The van der Waals surface area contributed by atoms with Gasteiger partial charge in [-0.3, -0.25) is 0 Å². The quantitative estimate of drug-likeness (QED) is 0.841. The molecule has 2 aromatic carbocycles. The number of nitrogens with two attached hydrogens (primary N) is 1. The predicted molar refractivity (Wildman–Crippen MR) is 80.7 cm³/mol. The summed E-state index contributed by atoms with van der Waals surface area (Å²) in [5, 5.41) is 0. The average Bonchev–Trinajstić information content (AvgIpc) is 2.41. The summed E-state index contributed by atoms with van der Waals surface area (Å²) in [6.07, 6.45) is 0. The van der Waals surface area contributed by atoms with Crippen LogP contribution in [-0.4, -0.2) is 4.99 Å². The van der Waals surface area contributed by atoms with Crippen LogP contribution in [-0.2, 0) is 6.61 Å². The fraction of sp³-hybridized carbons (Fsp3) is 0.0714. The lowest BCUT2D eigenvalue weighted by molar-refractivity contribution is 0.305. The maximum absolute atomic E-state index is 13.2. The van der Waals surface area contributed by atoms with Crippen LogP contribution in [0.5, 0.6) is 5.75 Å². The van der Waals surface area contributed by atoms with Crippen LogP contribution in [0, 0.1) is 11.6 Å². The van der Waals surface area contributed by atoms with Crippen molar-refractivity contribution < 1.29 is 13.5 Å². The molecule has 0 aromatic heterocycles. The third-order valence-corrected chi connectivity index (χ3v) is 3.45. The van der Waals surface area contributed by atoms with Gasteiger partial charge in [0.05, 0.1) is 4.47 Å². The van der Waals surface area contributed by atoms with Crippen molar-refractivity contribution in [1.29, 1.82) is 0 Å². The van der Waals surface area contributed by atoms with Crippen molar-refractivity contribution in [1.82, 2.24) is 0 Å². The molecule has 6 heteroatoms. The monoisotopic (exact) mass is 357 g/mol. The van der Waals surface area contributed by atoms with Crippen molar-refractivity contribution in [2.45, 2.75) is 6.61 Å². The minimum Gasteiger partial charge on any atom is -0.489 e. The summed E-state index contributed by atoms with van der Waals surface area (Å²) in [5.41, 5.74) is 6.65. The smallest absolute Gasteiger partial charge is 0.137 e. The first-order valence-electron chi connectivity index (χ1n) is 5.63. The van der Waals surface area contributed by atoms with Crippen LogP contribution in [0.4, 0.5) is 8.78 Å². The zero-order chi connectivity index (χ0) is 14.7. The number of halogens is 3. The van der Waals surface area contributed by atoms with Crippen LogP contribution in [0.15, 0.2) is 40.9 Å². The molecule has 0 aliphatic heterocycles. The molecule has 0 aliphatic rings. The van der Waals surface area contributed by atoms with Gasteiger partial charge in [-0.15, -0.1) is 0 Å². The Balaban J connectivity index is 2.18. The van der Waals surface area contributed by atoms with Crippen LogP contribution >= 0.6 is 28.1 Å². The van der Waals surface area contributed by atoms with Crippen LogP contribution in [0.25, 0.3) is 0 Å². The van der Waals surface area contributed by atoms with Gasteiger partial charge in [-0.2, -0.15) is 0 Å². The Morgan fingerprint density at radius 1 is 1.20 bits per heavy atom. The second-order valence-electron chi connectivity index (χ2n) is 4.03. The Bertz CT molecular complexity index is 664. The van der Waals surface area contributed by atoms with Gasteiger partial charge in [0.1, 0.15) is 29.0 Å². The van der Waals surface area contributed by atoms with Gasteiger partial charge in [-0.25, -0.2) is 8.78 Å². The van der Waals surface area contributed by atoms with Gasteiger partial charge in [0, 0.05) is 5.56 Å². The number of rotatable bonds is 4. The Morgan fingerprint density at radius 3 is 2.60 bits per heavy atom. The molecule has 0 fully saturated rings. The molecule has 0 unspecified atom stereocenters. The summed E-state index contributed by atoms with van der Waals surface area (Å²) in [5.74, 6) is -0.305. The average molecular weight is 358 g/mol. The third-order valence-electron chi connectivity index (χ3n) is 2.62. The SMILES string of the molecule is NC(=S)c1cc(F)ccc1COc1ccc(F)c(Br)c1. The van der Waals surface area contributed by atoms with E-state index in [2.05, 4.69) is 15.9 Å². The summed E-state index contributed by atoms with van der Waals surface area (Å²) in [6, 6.07) is 8.44. The van der Waals surface area contributed by atoms with Gasteiger partial charge in [-0.05, 0) is 51.8 Å². The van der Waals surface area contributed by atoms with E-state index in [1.807, 2.05) is 0 Å². The fourth-order valence-corrected chi connectivity index (χ4v) is 2.18. The first-order chi connectivity index (χ1) is 9.47. The molecule has 0 aliphatic carbocycles. The van der Waals surface area contributed by atoms with Crippen LogP contribution in [0.1, 0.15) is 11.1 Å². The molecule has 0 saturated heterocycles. The summed E-state index contributed by atoms with van der Waals surface area (Å²) in [4.78, 5) is 0.100. The Morgan fingerprint density at radius 2 is 1.95 bits per heavy atom. The molecule has 0 bridgehead atoms. The molecule has 2 N–H and O–H groups in total. The third kappa shape index (κ3) is 3.52. The molecule has 2 aromatic rings. The van der Waals surface area contributed by atoms with Crippen molar-refractivity contribution in [2.24, 2.45) is 5.73 Å². The van der Waals surface area contributed by atoms with E-state index in [0.717, 1.165) is 0 Å². The summed E-state index contributed by atoms with van der Waals surface area (Å²) < 4.78 is 32.1. The van der Waals surface area contributed by atoms with Gasteiger partial charge in [0.2, 0.25) is 0 Å². The number of hydrogen-bond acceptors (Lipinski definition) is 2. The van der Waals surface area contributed by atoms with Crippen molar-refractivity contribution in [3.05, 3.63) is 63.6 Å². The number of thiocarbonyl (C=S) groups is 1.